The Labute approximate surface area is 95.0 Å². The maximum Gasteiger partial charge on any atom is 0.131 e. The molecule has 1 heterocycles. The zero-order valence-electron chi connectivity index (χ0n) is 8.62. The van der Waals surface area contributed by atoms with Gasteiger partial charge in [-0.2, -0.15) is 0 Å². The lowest BCUT2D eigenvalue weighted by molar-refractivity contribution is 0.411. The molecule has 15 heavy (non-hydrogen) atoms. The molecule has 0 unspecified atom stereocenters. The van der Waals surface area contributed by atoms with E-state index in [9.17, 15) is 0 Å². The Morgan fingerprint density at radius 3 is 2.73 bits per heavy atom. The smallest absolute Gasteiger partial charge is 0.131 e. The molecule has 2 rings (SSSR count). The van der Waals surface area contributed by atoms with Crippen LogP contribution < -0.4 is 11.1 Å². The van der Waals surface area contributed by atoms with Crippen molar-refractivity contribution in [3.8, 4) is 0 Å². The second-order valence-electron chi connectivity index (χ2n) is 4.12. The SMILES string of the molecule is NC1CCC(Nc2ccnc(Cl)c2)CC1. The number of aromatic nitrogens is 1. The van der Waals surface area contributed by atoms with Crippen LogP contribution in [0.25, 0.3) is 0 Å². The van der Waals surface area contributed by atoms with E-state index < -0.39 is 0 Å². The summed E-state index contributed by atoms with van der Waals surface area (Å²) in [5.74, 6) is 0. The Balaban J connectivity index is 1.92. The molecule has 3 N–H and O–H groups in total. The Morgan fingerprint density at radius 1 is 1.33 bits per heavy atom. The summed E-state index contributed by atoms with van der Waals surface area (Å²) in [7, 11) is 0. The van der Waals surface area contributed by atoms with E-state index in [2.05, 4.69) is 10.3 Å². The van der Waals surface area contributed by atoms with Gasteiger partial charge in [0, 0.05) is 24.0 Å². The molecule has 0 radical (unpaired) electrons. The summed E-state index contributed by atoms with van der Waals surface area (Å²) < 4.78 is 0. The molecular formula is C11H16ClN3. The van der Waals surface area contributed by atoms with Gasteiger partial charge in [0.15, 0.2) is 0 Å². The van der Waals surface area contributed by atoms with E-state index in [1.165, 1.54) is 0 Å². The molecule has 82 valence electrons. The van der Waals surface area contributed by atoms with Crippen LogP contribution in [-0.2, 0) is 0 Å². The van der Waals surface area contributed by atoms with Gasteiger partial charge in [-0.25, -0.2) is 4.98 Å². The second-order valence-corrected chi connectivity index (χ2v) is 4.51. The lowest BCUT2D eigenvalue weighted by atomic mass is 9.92. The van der Waals surface area contributed by atoms with Crippen LogP contribution in [0.1, 0.15) is 25.7 Å². The fraction of sp³-hybridized carbons (Fsp3) is 0.545. The number of hydrogen-bond donors (Lipinski definition) is 2. The van der Waals surface area contributed by atoms with E-state index in [0.717, 1.165) is 31.4 Å². The van der Waals surface area contributed by atoms with E-state index in [1.807, 2.05) is 12.1 Å². The third-order valence-corrected chi connectivity index (χ3v) is 3.08. The number of nitrogens with zero attached hydrogens (tertiary/aromatic N) is 1. The lowest BCUT2D eigenvalue weighted by Crippen LogP contribution is -2.32. The van der Waals surface area contributed by atoms with Gasteiger partial charge in [-0.1, -0.05) is 11.6 Å². The number of hydrogen-bond acceptors (Lipinski definition) is 3. The molecule has 0 spiro atoms. The maximum atomic E-state index is 5.86. The van der Waals surface area contributed by atoms with Gasteiger partial charge in [-0.3, -0.25) is 0 Å². The van der Waals surface area contributed by atoms with Crippen molar-refractivity contribution < 1.29 is 0 Å². The quantitative estimate of drug-likeness (QED) is 0.761. The van der Waals surface area contributed by atoms with Gasteiger partial charge in [-0.05, 0) is 37.8 Å². The topological polar surface area (TPSA) is 50.9 Å². The first-order valence-corrected chi connectivity index (χ1v) is 5.75. The summed E-state index contributed by atoms with van der Waals surface area (Å²) in [5, 5.41) is 4.00. The van der Waals surface area contributed by atoms with Gasteiger partial charge in [0.05, 0.1) is 0 Å². The molecule has 0 aromatic carbocycles. The summed E-state index contributed by atoms with van der Waals surface area (Å²) in [6, 6.07) is 4.73. The zero-order valence-corrected chi connectivity index (χ0v) is 9.37. The first kappa shape index (κ1) is 10.7. The third-order valence-electron chi connectivity index (χ3n) is 2.87. The third kappa shape index (κ3) is 3.08. The Kier molecular flexibility index (Phi) is 3.44. The van der Waals surface area contributed by atoms with E-state index in [-0.39, 0.29) is 0 Å². The van der Waals surface area contributed by atoms with Crippen molar-refractivity contribution in [2.75, 3.05) is 5.32 Å². The van der Waals surface area contributed by atoms with Gasteiger partial charge in [0.25, 0.3) is 0 Å². The fourth-order valence-electron chi connectivity index (χ4n) is 1.99. The first-order chi connectivity index (χ1) is 7.24. The Bertz CT molecular complexity index is 321. The predicted octanol–water partition coefficient (Wildman–Crippen LogP) is 2.42. The average Bonchev–Trinajstić information content (AvgIpc) is 2.22. The van der Waals surface area contributed by atoms with E-state index in [1.54, 1.807) is 6.20 Å². The van der Waals surface area contributed by atoms with Gasteiger partial charge < -0.3 is 11.1 Å². The molecule has 1 aliphatic carbocycles. The van der Waals surface area contributed by atoms with E-state index in [0.29, 0.717) is 17.2 Å². The fourth-order valence-corrected chi connectivity index (χ4v) is 2.17. The first-order valence-electron chi connectivity index (χ1n) is 5.38. The highest BCUT2D eigenvalue weighted by molar-refractivity contribution is 6.29. The zero-order chi connectivity index (χ0) is 10.7. The summed E-state index contributed by atoms with van der Waals surface area (Å²) in [6.45, 7) is 0. The van der Waals surface area contributed by atoms with Gasteiger partial charge in [-0.15, -0.1) is 0 Å². The predicted molar refractivity (Wildman–Crippen MR) is 63.1 cm³/mol. The molecule has 4 heteroatoms. The molecule has 1 fully saturated rings. The molecule has 3 nitrogen and oxygen atoms in total. The number of pyridine rings is 1. The van der Waals surface area contributed by atoms with E-state index >= 15 is 0 Å². The van der Waals surface area contributed by atoms with Crippen LogP contribution in [0.15, 0.2) is 18.3 Å². The minimum Gasteiger partial charge on any atom is -0.382 e. The van der Waals surface area contributed by atoms with E-state index in [4.69, 9.17) is 17.3 Å². The number of rotatable bonds is 2. The Hall–Kier alpha value is -0.800. The normalized spacial score (nSPS) is 26.3. The summed E-state index contributed by atoms with van der Waals surface area (Å²) in [4.78, 5) is 3.95. The molecule has 0 bridgehead atoms. The summed E-state index contributed by atoms with van der Waals surface area (Å²) in [6.07, 6.45) is 6.22. The average molecular weight is 226 g/mol. The van der Waals surface area contributed by atoms with Crippen LogP contribution in [0.2, 0.25) is 5.15 Å². The molecule has 1 saturated carbocycles. The monoisotopic (exact) mass is 225 g/mol. The van der Waals surface area contributed by atoms with Crippen LogP contribution in [-0.4, -0.2) is 17.1 Å². The van der Waals surface area contributed by atoms with Crippen molar-refractivity contribution in [2.45, 2.75) is 37.8 Å². The number of nitrogens with one attached hydrogen (secondary N) is 1. The minimum atomic E-state index is 0.393. The Morgan fingerprint density at radius 2 is 2.07 bits per heavy atom. The van der Waals surface area contributed by atoms with Gasteiger partial charge >= 0.3 is 0 Å². The molecular weight excluding hydrogens is 210 g/mol. The highest BCUT2D eigenvalue weighted by atomic mass is 35.5. The largest absolute Gasteiger partial charge is 0.382 e. The van der Waals surface area contributed by atoms with Gasteiger partial charge in [0.2, 0.25) is 0 Å². The van der Waals surface area contributed by atoms with Crippen LogP contribution in [0.3, 0.4) is 0 Å². The second kappa shape index (κ2) is 4.81. The minimum absolute atomic E-state index is 0.393. The molecule has 0 aliphatic heterocycles. The molecule has 1 aromatic rings. The van der Waals surface area contributed by atoms with Gasteiger partial charge in [0.1, 0.15) is 5.15 Å². The van der Waals surface area contributed by atoms with Crippen molar-refractivity contribution in [1.29, 1.82) is 0 Å². The van der Waals surface area contributed by atoms with Crippen LogP contribution in [0.5, 0.6) is 0 Å². The van der Waals surface area contributed by atoms with Crippen molar-refractivity contribution in [2.24, 2.45) is 5.73 Å². The highest BCUT2D eigenvalue weighted by Crippen LogP contribution is 2.21. The standard InChI is InChI=1S/C11H16ClN3/c12-11-7-10(5-6-14-11)15-9-3-1-8(13)2-4-9/h5-9H,1-4,13H2,(H,14,15). The molecule has 0 saturated heterocycles. The van der Waals surface area contributed by atoms with Crippen molar-refractivity contribution in [1.82, 2.24) is 4.98 Å². The molecule has 1 aromatic heterocycles. The molecule has 0 amide bonds. The lowest BCUT2D eigenvalue weighted by Gasteiger charge is -2.27. The molecule has 1 aliphatic rings. The van der Waals surface area contributed by atoms with Crippen molar-refractivity contribution >= 4 is 17.3 Å². The van der Waals surface area contributed by atoms with Crippen molar-refractivity contribution in [3.05, 3.63) is 23.5 Å². The number of nitrogens with two attached hydrogens (primary N) is 1. The van der Waals surface area contributed by atoms with Crippen LogP contribution in [0, 0.1) is 0 Å². The highest BCUT2D eigenvalue weighted by Gasteiger charge is 2.17. The van der Waals surface area contributed by atoms with Crippen LogP contribution in [0.4, 0.5) is 5.69 Å². The summed E-state index contributed by atoms with van der Waals surface area (Å²) >= 11 is 5.81. The molecule has 0 atom stereocenters. The number of halogens is 1. The number of anilines is 1. The van der Waals surface area contributed by atoms with Crippen molar-refractivity contribution in [3.63, 3.8) is 0 Å². The summed E-state index contributed by atoms with van der Waals surface area (Å²) in [5.41, 5.74) is 6.91. The van der Waals surface area contributed by atoms with Crippen LogP contribution >= 0.6 is 11.6 Å². The maximum absolute atomic E-state index is 5.86.